The molecule has 3 heterocycles. The summed E-state index contributed by atoms with van der Waals surface area (Å²) in [6.45, 7) is 1.96. The molecule has 0 saturated heterocycles. The second-order valence-electron chi connectivity index (χ2n) is 3.71. The van der Waals surface area contributed by atoms with Crippen molar-refractivity contribution in [2.45, 2.75) is 6.92 Å². The molecule has 80 valence electrons. The van der Waals surface area contributed by atoms with E-state index in [1.54, 1.807) is 6.26 Å². The lowest BCUT2D eigenvalue weighted by molar-refractivity contribution is 0.577. The maximum absolute atomic E-state index is 5.76. The number of pyridine rings is 1. The Hall–Kier alpha value is -2.23. The molecule has 0 amide bonds. The molecule has 0 unspecified atom stereocenters. The van der Waals surface area contributed by atoms with Crippen molar-refractivity contribution < 1.29 is 4.42 Å². The van der Waals surface area contributed by atoms with Crippen LogP contribution in [0.15, 0.2) is 41.1 Å². The lowest BCUT2D eigenvalue weighted by Crippen LogP contribution is -1.90. The molecule has 2 N–H and O–H groups in total. The lowest BCUT2D eigenvalue weighted by Gasteiger charge is -1.99. The zero-order chi connectivity index (χ0) is 11.1. The summed E-state index contributed by atoms with van der Waals surface area (Å²) in [5, 5.41) is 0. The van der Waals surface area contributed by atoms with Crippen LogP contribution in [-0.2, 0) is 0 Å². The highest BCUT2D eigenvalue weighted by Gasteiger charge is 2.11. The monoisotopic (exact) mass is 213 g/mol. The molecule has 0 atom stereocenters. The Morgan fingerprint density at radius 2 is 2.25 bits per heavy atom. The number of imidazole rings is 1. The fourth-order valence-electron chi connectivity index (χ4n) is 1.83. The number of aryl methyl sites for hydroxylation is 1. The van der Waals surface area contributed by atoms with E-state index < -0.39 is 0 Å². The average Bonchev–Trinajstić information content (AvgIpc) is 2.87. The van der Waals surface area contributed by atoms with Crippen LogP contribution in [-0.4, -0.2) is 9.38 Å². The Morgan fingerprint density at radius 1 is 1.38 bits per heavy atom. The topological polar surface area (TPSA) is 56.5 Å². The molecule has 4 heteroatoms. The zero-order valence-corrected chi connectivity index (χ0v) is 8.84. The number of hydrogen-bond acceptors (Lipinski definition) is 3. The quantitative estimate of drug-likeness (QED) is 0.675. The van der Waals surface area contributed by atoms with Crippen molar-refractivity contribution in [3.05, 3.63) is 42.4 Å². The van der Waals surface area contributed by atoms with Crippen LogP contribution in [0.3, 0.4) is 0 Å². The summed E-state index contributed by atoms with van der Waals surface area (Å²) in [7, 11) is 0. The molecule has 16 heavy (non-hydrogen) atoms. The Balaban J connectivity index is 2.35. The van der Waals surface area contributed by atoms with Gasteiger partial charge in [-0.2, -0.15) is 0 Å². The van der Waals surface area contributed by atoms with Crippen molar-refractivity contribution in [2.75, 3.05) is 5.73 Å². The van der Waals surface area contributed by atoms with Gasteiger partial charge in [-0.25, -0.2) is 4.98 Å². The Labute approximate surface area is 92.3 Å². The highest BCUT2D eigenvalue weighted by Crippen LogP contribution is 2.23. The highest BCUT2D eigenvalue weighted by atomic mass is 16.3. The number of fused-ring (bicyclic) bond motifs is 1. The van der Waals surface area contributed by atoms with Gasteiger partial charge in [0, 0.05) is 11.9 Å². The number of furan rings is 1. The Bertz CT molecular complexity index is 638. The fourth-order valence-corrected chi connectivity index (χ4v) is 1.83. The molecule has 0 fully saturated rings. The van der Waals surface area contributed by atoms with Gasteiger partial charge in [0.15, 0.2) is 11.6 Å². The van der Waals surface area contributed by atoms with Gasteiger partial charge in [-0.1, -0.05) is 0 Å². The normalized spacial score (nSPS) is 11.1. The van der Waals surface area contributed by atoms with Crippen molar-refractivity contribution in [1.29, 1.82) is 0 Å². The fraction of sp³-hybridized carbons (Fsp3) is 0.0833. The van der Waals surface area contributed by atoms with Gasteiger partial charge < -0.3 is 10.2 Å². The third kappa shape index (κ3) is 1.20. The third-order valence-electron chi connectivity index (χ3n) is 2.59. The summed E-state index contributed by atoms with van der Waals surface area (Å²) >= 11 is 0. The standard InChI is InChI=1S/C12H11N3O/c1-8-10-7-9(13)4-5-15(10)12(14-8)11-3-2-6-16-11/h2-7H,13H2,1H3. The molecule has 0 radical (unpaired) electrons. The first-order valence-electron chi connectivity index (χ1n) is 5.04. The third-order valence-corrected chi connectivity index (χ3v) is 2.59. The van der Waals surface area contributed by atoms with Gasteiger partial charge in [0.25, 0.3) is 0 Å². The van der Waals surface area contributed by atoms with Gasteiger partial charge in [0.2, 0.25) is 0 Å². The first kappa shape index (κ1) is 9.03. The number of aromatic nitrogens is 2. The Kier molecular flexibility index (Phi) is 1.77. The van der Waals surface area contributed by atoms with Crippen LogP contribution in [0.1, 0.15) is 5.69 Å². The number of anilines is 1. The van der Waals surface area contributed by atoms with Gasteiger partial charge in [-0.05, 0) is 31.2 Å². The van der Waals surface area contributed by atoms with Crippen molar-refractivity contribution in [3.8, 4) is 11.6 Å². The summed E-state index contributed by atoms with van der Waals surface area (Å²) in [5.74, 6) is 1.56. The predicted molar refractivity (Wildman–Crippen MR) is 62.0 cm³/mol. The lowest BCUT2D eigenvalue weighted by atomic mass is 10.3. The summed E-state index contributed by atoms with van der Waals surface area (Å²) in [6.07, 6.45) is 3.55. The minimum atomic E-state index is 0.737. The molecule has 0 bridgehead atoms. The van der Waals surface area contributed by atoms with Crippen LogP contribution >= 0.6 is 0 Å². The van der Waals surface area contributed by atoms with Crippen molar-refractivity contribution in [3.63, 3.8) is 0 Å². The highest BCUT2D eigenvalue weighted by molar-refractivity contribution is 5.66. The number of nitrogens with zero attached hydrogens (tertiary/aromatic N) is 2. The second-order valence-corrected chi connectivity index (χ2v) is 3.71. The molecular formula is C12H11N3O. The van der Waals surface area contributed by atoms with E-state index in [-0.39, 0.29) is 0 Å². The van der Waals surface area contributed by atoms with Crippen molar-refractivity contribution in [1.82, 2.24) is 9.38 Å². The van der Waals surface area contributed by atoms with E-state index in [2.05, 4.69) is 4.98 Å². The molecule has 0 spiro atoms. The number of rotatable bonds is 1. The molecule has 0 saturated carbocycles. The molecular weight excluding hydrogens is 202 g/mol. The van der Waals surface area contributed by atoms with E-state index in [0.717, 1.165) is 28.5 Å². The Morgan fingerprint density at radius 3 is 3.00 bits per heavy atom. The van der Waals surface area contributed by atoms with E-state index >= 15 is 0 Å². The SMILES string of the molecule is Cc1nc(-c2ccco2)n2ccc(N)cc12. The number of nitrogen functional groups attached to an aromatic ring is 1. The summed E-state index contributed by atoms with van der Waals surface area (Å²) in [6, 6.07) is 7.50. The number of hydrogen-bond donors (Lipinski definition) is 1. The van der Waals surface area contributed by atoms with E-state index in [1.807, 2.05) is 41.8 Å². The minimum absolute atomic E-state index is 0.737. The first-order valence-corrected chi connectivity index (χ1v) is 5.04. The molecule has 0 aliphatic rings. The van der Waals surface area contributed by atoms with Crippen molar-refractivity contribution in [2.24, 2.45) is 0 Å². The number of nitrogens with two attached hydrogens (primary N) is 1. The molecule has 0 aromatic carbocycles. The van der Waals surface area contributed by atoms with Gasteiger partial charge in [0.05, 0.1) is 17.5 Å². The molecule has 0 aliphatic heterocycles. The molecule has 4 nitrogen and oxygen atoms in total. The summed E-state index contributed by atoms with van der Waals surface area (Å²) < 4.78 is 7.33. The molecule has 3 rings (SSSR count). The smallest absolute Gasteiger partial charge is 0.181 e. The van der Waals surface area contributed by atoms with Crippen LogP contribution in [0, 0.1) is 6.92 Å². The zero-order valence-electron chi connectivity index (χ0n) is 8.84. The molecule has 3 aromatic rings. The molecule has 0 aliphatic carbocycles. The van der Waals surface area contributed by atoms with E-state index in [9.17, 15) is 0 Å². The van der Waals surface area contributed by atoms with Crippen LogP contribution in [0.2, 0.25) is 0 Å². The predicted octanol–water partition coefficient (Wildman–Crippen LogP) is 2.48. The van der Waals surface area contributed by atoms with Gasteiger partial charge in [-0.15, -0.1) is 0 Å². The van der Waals surface area contributed by atoms with Gasteiger partial charge in [0.1, 0.15) is 0 Å². The average molecular weight is 213 g/mol. The first-order chi connectivity index (χ1) is 7.75. The van der Waals surface area contributed by atoms with Crippen LogP contribution in [0.25, 0.3) is 17.1 Å². The van der Waals surface area contributed by atoms with E-state index in [4.69, 9.17) is 10.2 Å². The van der Waals surface area contributed by atoms with Crippen LogP contribution < -0.4 is 5.73 Å². The maximum atomic E-state index is 5.76. The minimum Gasteiger partial charge on any atom is -0.461 e. The molecule has 3 aromatic heterocycles. The van der Waals surface area contributed by atoms with Crippen LogP contribution in [0.5, 0.6) is 0 Å². The maximum Gasteiger partial charge on any atom is 0.181 e. The van der Waals surface area contributed by atoms with E-state index in [1.165, 1.54) is 0 Å². The van der Waals surface area contributed by atoms with Gasteiger partial charge >= 0.3 is 0 Å². The summed E-state index contributed by atoms with van der Waals surface area (Å²) in [4.78, 5) is 4.49. The van der Waals surface area contributed by atoms with Crippen LogP contribution in [0.4, 0.5) is 5.69 Å². The summed E-state index contributed by atoms with van der Waals surface area (Å²) in [5.41, 5.74) is 8.44. The van der Waals surface area contributed by atoms with Crippen molar-refractivity contribution >= 4 is 11.2 Å². The second kappa shape index (κ2) is 3.13. The van der Waals surface area contributed by atoms with E-state index in [0.29, 0.717) is 0 Å². The largest absolute Gasteiger partial charge is 0.461 e. The van der Waals surface area contributed by atoms with Gasteiger partial charge in [-0.3, -0.25) is 4.40 Å².